The van der Waals surface area contributed by atoms with Crippen LogP contribution in [0.4, 0.5) is 11.8 Å². The Balaban J connectivity index is 0.00000320. The van der Waals surface area contributed by atoms with E-state index in [-0.39, 0.29) is 24.5 Å². The van der Waals surface area contributed by atoms with Crippen LogP contribution in [0.25, 0.3) is 11.2 Å². The highest BCUT2D eigenvalue weighted by Crippen LogP contribution is 2.24. The van der Waals surface area contributed by atoms with Crippen molar-refractivity contribution >= 4 is 35.3 Å². The fourth-order valence-corrected chi connectivity index (χ4v) is 3.30. The second-order valence-corrected chi connectivity index (χ2v) is 7.82. The summed E-state index contributed by atoms with van der Waals surface area (Å²) in [6.45, 7) is 12.6. The zero-order valence-corrected chi connectivity index (χ0v) is 19.3. The number of aryl methyl sites for hydroxylation is 2. The van der Waals surface area contributed by atoms with E-state index in [1.807, 2.05) is 24.6 Å². The predicted octanol–water partition coefficient (Wildman–Crippen LogP) is 4.02. The molecule has 3 aromatic rings. The molecule has 0 radical (unpaired) electrons. The minimum Gasteiger partial charge on any atom is -0.391 e. The highest BCUT2D eigenvalue weighted by atomic mass is 35.5. The van der Waals surface area contributed by atoms with Crippen LogP contribution in [0.15, 0.2) is 18.6 Å². The first-order valence-electron chi connectivity index (χ1n) is 10.1. The molecule has 30 heavy (non-hydrogen) atoms. The number of aliphatic hydroxyl groups excluding tert-OH is 1. The molecule has 164 valence electrons. The van der Waals surface area contributed by atoms with E-state index in [0.717, 1.165) is 28.8 Å². The predicted molar refractivity (Wildman–Crippen MR) is 123 cm³/mol. The summed E-state index contributed by atoms with van der Waals surface area (Å²) in [5, 5.41) is 16.7. The van der Waals surface area contributed by atoms with E-state index in [1.54, 1.807) is 13.3 Å². The van der Waals surface area contributed by atoms with Crippen molar-refractivity contribution in [2.45, 2.75) is 72.7 Å². The van der Waals surface area contributed by atoms with Gasteiger partial charge in [-0.25, -0.2) is 4.98 Å². The molecule has 8 nitrogen and oxygen atoms in total. The Hall–Kier alpha value is -2.45. The molecule has 0 aromatic carbocycles. The van der Waals surface area contributed by atoms with Crippen LogP contribution in [0.1, 0.15) is 57.0 Å². The maximum atomic E-state index is 10.0. The first kappa shape index (κ1) is 23.8. The Labute approximate surface area is 184 Å². The summed E-state index contributed by atoms with van der Waals surface area (Å²) in [6, 6.07) is 2.17. The smallest absolute Gasteiger partial charge is 0.227 e. The normalized spacial score (nSPS) is 13.2. The Morgan fingerprint density at radius 2 is 1.87 bits per heavy atom. The Bertz CT molecular complexity index is 987. The van der Waals surface area contributed by atoms with Crippen molar-refractivity contribution in [3.8, 4) is 0 Å². The fourth-order valence-electron chi connectivity index (χ4n) is 3.30. The molecule has 0 fully saturated rings. The van der Waals surface area contributed by atoms with Crippen molar-refractivity contribution in [3.05, 3.63) is 35.4 Å². The molecule has 3 rings (SSSR count). The topological polar surface area (TPSA) is 101 Å². The molecule has 0 spiro atoms. The number of imidazole rings is 1. The summed E-state index contributed by atoms with van der Waals surface area (Å²) in [5.74, 6) is 1.14. The SMILES string of the molecule is CC[C@H](Nc1nc(NCc2cnc(C)cc2C)c2ncn(C(C)C)c2n1)[C@@H](C)O.Cl. The average molecular weight is 434 g/mol. The summed E-state index contributed by atoms with van der Waals surface area (Å²) in [4.78, 5) is 18.3. The second-order valence-electron chi connectivity index (χ2n) is 7.82. The van der Waals surface area contributed by atoms with Crippen LogP contribution in [0.2, 0.25) is 0 Å². The molecule has 0 bridgehead atoms. The van der Waals surface area contributed by atoms with E-state index in [4.69, 9.17) is 0 Å². The first-order chi connectivity index (χ1) is 13.8. The van der Waals surface area contributed by atoms with Crippen molar-refractivity contribution in [2.24, 2.45) is 0 Å². The molecule has 0 saturated heterocycles. The van der Waals surface area contributed by atoms with Crippen LogP contribution in [-0.4, -0.2) is 41.8 Å². The monoisotopic (exact) mass is 433 g/mol. The molecule has 2 atom stereocenters. The number of halogens is 1. The molecule has 3 N–H and O–H groups in total. The largest absolute Gasteiger partial charge is 0.391 e. The van der Waals surface area contributed by atoms with Gasteiger partial charge in [0.1, 0.15) is 0 Å². The van der Waals surface area contributed by atoms with Gasteiger partial charge < -0.3 is 20.3 Å². The minimum absolute atomic E-state index is 0. The van der Waals surface area contributed by atoms with Crippen LogP contribution in [0, 0.1) is 13.8 Å². The van der Waals surface area contributed by atoms with E-state index in [1.165, 1.54) is 5.56 Å². The molecule has 0 aliphatic rings. The fraction of sp³-hybridized carbons (Fsp3) is 0.524. The first-order valence-corrected chi connectivity index (χ1v) is 10.1. The standard InChI is InChI=1S/C21H31N7O.ClH/c1-7-17(15(6)29)25-21-26-19(18-20(27-21)28(11-24-18)12(2)3)23-10-16-9-22-14(5)8-13(16)4;/h8-9,11-12,15,17,29H,7,10H2,1-6H3,(H2,23,25,26,27);1H/t15-,17+;/m1./s1. The molecule has 3 aromatic heterocycles. The summed E-state index contributed by atoms with van der Waals surface area (Å²) in [7, 11) is 0. The number of nitrogens with zero attached hydrogens (tertiary/aromatic N) is 5. The van der Waals surface area contributed by atoms with Crippen molar-refractivity contribution in [2.75, 3.05) is 10.6 Å². The highest BCUT2D eigenvalue weighted by Gasteiger charge is 2.18. The van der Waals surface area contributed by atoms with Gasteiger partial charge in [0, 0.05) is 24.5 Å². The van der Waals surface area contributed by atoms with E-state index in [9.17, 15) is 5.11 Å². The highest BCUT2D eigenvalue weighted by molar-refractivity contribution is 5.85. The van der Waals surface area contributed by atoms with Gasteiger partial charge in [0.25, 0.3) is 0 Å². The number of pyridine rings is 1. The van der Waals surface area contributed by atoms with Crippen LogP contribution in [-0.2, 0) is 6.54 Å². The van der Waals surface area contributed by atoms with Gasteiger partial charge in [-0.1, -0.05) is 6.92 Å². The van der Waals surface area contributed by atoms with Gasteiger partial charge in [-0.3, -0.25) is 4.98 Å². The lowest BCUT2D eigenvalue weighted by Gasteiger charge is -2.20. The number of nitrogens with one attached hydrogen (secondary N) is 2. The molecular weight excluding hydrogens is 402 g/mol. The lowest BCUT2D eigenvalue weighted by molar-refractivity contribution is 0.169. The molecule has 3 heterocycles. The number of anilines is 2. The molecular formula is C21H32ClN7O. The summed E-state index contributed by atoms with van der Waals surface area (Å²) in [5.41, 5.74) is 4.78. The molecule has 9 heteroatoms. The van der Waals surface area contributed by atoms with Gasteiger partial charge in [0.2, 0.25) is 5.95 Å². The van der Waals surface area contributed by atoms with Crippen LogP contribution >= 0.6 is 12.4 Å². The number of hydrogen-bond donors (Lipinski definition) is 3. The summed E-state index contributed by atoms with van der Waals surface area (Å²) < 4.78 is 2.02. The van der Waals surface area contributed by atoms with E-state index in [0.29, 0.717) is 18.3 Å². The second kappa shape index (κ2) is 10.0. The zero-order chi connectivity index (χ0) is 21.1. The van der Waals surface area contributed by atoms with Crippen LogP contribution < -0.4 is 10.6 Å². The Morgan fingerprint density at radius 3 is 2.47 bits per heavy atom. The van der Waals surface area contributed by atoms with Crippen molar-refractivity contribution in [3.63, 3.8) is 0 Å². The molecule has 0 saturated carbocycles. The third-order valence-electron chi connectivity index (χ3n) is 5.12. The van der Waals surface area contributed by atoms with Gasteiger partial charge in [-0.05, 0) is 58.2 Å². The summed E-state index contributed by atoms with van der Waals surface area (Å²) in [6.07, 6.45) is 3.94. The van der Waals surface area contributed by atoms with Crippen molar-refractivity contribution in [1.82, 2.24) is 24.5 Å². The quantitative estimate of drug-likeness (QED) is 0.493. The average Bonchev–Trinajstić information content (AvgIpc) is 3.09. The Kier molecular flexibility index (Phi) is 7.97. The van der Waals surface area contributed by atoms with Gasteiger partial charge in [-0.15, -0.1) is 12.4 Å². The third-order valence-corrected chi connectivity index (χ3v) is 5.12. The van der Waals surface area contributed by atoms with Gasteiger partial charge >= 0.3 is 0 Å². The Morgan fingerprint density at radius 1 is 1.13 bits per heavy atom. The minimum atomic E-state index is -0.507. The molecule has 0 amide bonds. The maximum Gasteiger partial charge on any atom is 0.227 e. The van der Waals surface area contributed by atoms with E-state index < -0.39 is 6.10 Å². The number of hydrogen-bond acceptors (Lipinski definition) is 7. The lowest BCUT2D eigenvalue weighted by atomic mass is 10.1. The number of aliphatic hydroxyl groups is 1. The van der Waals surface area contributed by atoms with Crippen LogP contribution in [0.3, 0.4) is 0 Å². The third kappa shape index (κ3) is 5.17. The number of rotatable bonds is 8. The van der Waals surface area contributed by atoms with Crippen LogP contribution in [0.5, 0.6) is 0 Å². The summed E-state index contributed by atoms with van der Waals surface area (Å²) >= 11 is 0. The van der Waals surface area contributed by atoms with Crippen molar-refractivity contribution in [1.29, 1.82) is 0 Å². The molecule has 0 aliphatic carbocycles. The number of aromatic nitrogens is 5. The van der Waals surface area contributed by atoms with E-state index in [2.05, 4.69) is 57.4 Å². The van der Waals surface area contributed by atoms with Crippen molar-refractivity contribution < 1.29 is 5.11 Å². The van der Waals surface area contributed by atoms with E-state index >= 15 is 0 Å². The van der Waals surface area contributed by atoms with Gasteiger partial charge in [-0.2, -0.15) is 9.97 Å². The molecule has 0 aliphatic heterocycles. The lowest BCUT2D eigenvalue weighted by Crippen LogP contribution is -2.31. The maximum absolute atomic E-state index is 10.0. The van der Waals surface area contributed by atoms with Gasteiger partial charge in [0.05, 0.1) is 18.5 Å². The molecule has 0 unspecified atom stereocenters. The van der Waals surface area contributed by atoms with Gasteiger partial charge in [0.15, 0.2) is 17.0 Å². The zero-order valence-electron chi connectivity index (χ0n) is 18.5. The number of fused-ring (bicyclic) bond motifs is 1.